The molecule has 2 aliphatic heterocycles. The number of furan rings is 1. The number of fused-ring (bicyclic) bond motifs is 2. The van der Waals surface area contributed by atoms with E-state index < -0.39 is 40.6 Å². The summed E-state index contributed by atoms with van der Waals surface area (Å²) in [6, 6.07) is 9.04. The molecule has 0 radical (unpaired) electrons. The highest BCUT2D eigenvalue weighted by Gasteiger charge is 2.53. The van der Waals surface area contributed by atoms with Gasteiger partial charge in [0.25, 0.3) is 11.8 Å². The topological polar surface area (TPSA) is 160 Å². The van der Waals surface area contributed by atoms with Crippen LogP contribution in [0.2, 0.25) is 0 Å². The summed E-state index contributed by atoms with van der Waals surface area (Å²) in [6.45, 7) is 6.86. The van der Waals surface area contributed by atoms with Crippen molar-refractivity contribution < 1.29 is 42.3 Å². The lowest BCUT2D eigenvalue weighted by atomic mass is 9.82. The molecule has 250 valence electrons. The van der Waals surface area contributed by atoms with Crippen molar-refractivity contribution in [3.05, 3.63) is 64.7 Å². The van der Waals surface area contributed by atoms with Crippen molar-refractivity contribution in [2.75, 3.05) is 46.9 Å². The smallest absolute Gasteiger partial charge is 0.407 e. The average molecular weight is 652 g/mol. The Hall–Kier alpha value is -4.98. The van der Waals surface area contributed by atoms with Gasteiger partial charge in [-0.2, -0.15) is 0 Å². The highest BCUT2D eigenvalue weighted by Crippen LogP contribution is 2.39. The van der Waals surface area contributed by atoms with Gasteiger partial charge in [0.2, 0.25) is 11.8 Å². The van der Waals surface area contributed by atoms with Crippen LogP contribution in [0.5, 0.6) is 5.75 Å². The van der Waals surface area contributed by atoms with Gasteiger partial charge in [-0.1, -0.05) is 6.07 Å². The molecule has 14 heteroatoms. The molecule has 3 heterocycles. The minimum absolute atomic E-state index is 0.0794. The van der Waals surface area contributed by atoms with Crippen LogP contribution in [0.1, 0.15) is 59.2 Å². The first-order valence-corrected chi connectivity index (χ1v) is 15.2. The fraction of sp³-hybridized carbons (Fsp3) is 0.424. The molecule has 3 N–H and O–H groups in total. The van der Waals surface area contributed by atoms with E-state index in [-0.39, 0.29) is 48.9 Å². The molecule has 3 aromatic rings. The van der Waals surface area contributed by atoms with Crippen molar-refractivity contribution in [2.45, 2.75) is 44.8 Å². The first-order valence-electron chi connectivity index (χ1n) is 15.2. The number of nitrogens with zero attached hydrogens (tertiary/aromatic N) is 2. The van der Waals surface area contributed by atoms with Crippen LogP contribution in [-0.4, -0.2) is 92.0 Å². The number of methoxy groups -OCH3 is 1. The maximum atomic E-state index is 15.1. The Morgan fingerprint density at radius 3 is 2.47 bits per heavy atom. The molecule has 1 fully saturated rings. The van der Waals surface area contributed by atoms with Crippen LogP contribution in [0.25, 0.3) is 11.0 Å². The summed E-state index contributed by atoms with van der Waals surface area (Å²) >= 11 is 0. The summed E-state index contributed by atoms with van der Waals surface area (Å²) in [4.78, 5) is 67.2. The van der Waals surface area contributed by atoms with Crippen molar-refractivity contribution in [1.29, 1.82) is 0 Å². The predicted molar refractivity (Wildman–Crippen MR) is 167 cm³/mol. The van der Waals surface area contributed by atoms with Gasteiger partial charge in [0.05, 0.1) is 19.1 Å². The van der Waals surface area contributed by atoms with E-state index in [0.717, 1.165) is 11.6 Å². The van der Waals surface area contributed by atoms with Gasteiger partial charge in [0.1, 0.15) is 33.9 Å². The van der Waals surface area contributed by atoms with Crippen molar-refractivity contribution in [3.8, 4) is 5.75 Å². The molecule has 2 aliphatic rings. The Bertz CT molecular complexity index is 1750. The van der Waals surface area contributed by atoms with E-state index in [1.165, 1.54) is 24.1 Å². The van der Waals surface area contributed by atoms with Crippen molar-refractivity contribution in [2.24, 2.45) is 0 Å². The fourth-order valence-corrected chi connectivity index (χ4v) is 5.67. The van der Waals surface area contributed by atoms with Crippen LogP contribution in [0.15, 0.2) is 40.8 Å². The van der Waals surface area contributed by atoms with E-state index in [9.17, 15) is 24.0 Å². The molecule has 13 nitrogen and oxygen atoms in total. The molecule has 5 rings (SSSR count). The molecule has 2 aromatic carbocycles. The van der Waals surface area contributed by atoms with E-state index in [1.807, 2.05) is 11.9 Å². The van der Waals surface area contributed by atoms with E-state index in [1.54, 1.807) is 39.0 Å². The molecule has 0 aliphatic carbocycles. The maximum Gasteiger partial charge on any atom is 0.407 e. The zero-order valence-corrected chi connectivity index (χ0v) is 27.0. The lowest BCUT2D eigenvalue weighted by molar-refractivity contribution is -0.127. The van der Waals surface area contributed by atoms with Crippen LogP contribution in [0.4, 0.5) is 9.18 Å². The second-order valence-electron chi connectivity index (χ2n) is 12.8. The fourth-order valence-electron chi connectivity index (χ4n) is 5.67. The van der Waals surface area contributed by atoms with Crippen molar-refractivity contribution in [1.82, 2.24) is 25.8 Å². The number of benzene rings is 2. The third-order valence-electron chi connectivity index (χ3n) is 8.07. The summed E-state index contributed by atoms with van der Waals surface area (Å²) in [6.07, 6.45) is -0.791. The SMILES string of the molecule is COc1ccc2c(c1)C(=O)N(C[C@@]1(c3cc4cc(C(=O)NCCN(C)CCNC(=O)OC(C)(C)C)c(F)cc4o3)CC(=O)NC1=O)C2. The summed E-state index contributed by atoms with van der Waals surface area (Å²) < 4.78 is 31.5. The molecule has 5 amide bonds. The number of nitrogens with one attached hydrogen (secondary N) is 3. The highest BCUT2D eigenvalue weighted by molar-refractivity contribution is 6.10. The van der Waals surface area contributed by atoms with Gasteiger partial charge in [0.15, 0.2) is 0 Å². The zero-order valence-electron chi connectivity index (χ0n) is 27.0. The first kappa shape index (κ1) is 33.4. The number of hydrogen-bond donors (Lipinski definition) is 3. The second kappa shape index (κ2) is 13.0. The van der Waals surface area contributed by atoms with E-state index in [0.29, 0.717) is 36.3 Å². The standard InChI is InChI=1S/C33H38FN5O8/c1-32(2,3)47-31(44)36-9-11-38(4)10-8-35-28(41)23-12-20-13-26(46-25(20)15-24(23)34)33(16-27(40)37-30(33)43)18-39-17-19-6-7-21(45-5)14-22(19)29(39)42/h6-7,12-15H,8-11,16-18H2,1-5H3,(H,35,41)(H,36,44)(H,37,40,43)/t33-/m1/s1. The monoisotopic (exact) mass is 651 g/mol. The van der Waals surface area contributed by atoms with E-state index in [4.69, 9.17) is 13.9 Å². The number of carbonyl (C=O) groups is 5. The number of imide groups is 1. The molecule has 0 bridgehead atoms. The van der Waals surface area contributed by atoms with Gasteiger partial charge in [-0.3, -0.25) is 24.5 Å². The van der Waals surface area contributed by atoms with E-state index >= 15 is 4.39 Å². The number of carbonyl (C=O) groups excluding carboxylic acids is 5. The molecular weight excluding hydrogens is 613 g/mol. The minimum Gasteiger partial charge on any atom is -0.497 e. The van der Waals surface area contributed by atoms with Crippen LogP contribution in [0, 0.1) is 5.82 Å². The third kappa shape index (κ3) is 7.22. The Kier molecular flexibility index (Phi) is 9.25. The number of likely N-dealkylation sites (N-methyl/N-ethyl adjacent to an activating group) is 1. The highest BCUT2D eigenvalue weighted by atomic mass is 19.1. The average Bonchev–Trinajstić information content (AvgIpc) is 3.64. The number of amides is 5. The number of ether oxygens (including phenoxy) is 2. The summed E-state index contributed by atoms with van der Waals surface area (Å²) in [5, 5.41) is 8.02. The van der Waals surface area contributed by atoms with Crippen LogP contribution in [-0.2, 0) is 26.3 Å². The molecule has 0 saturated carbocycles. The predicted octanol–water partition coefficient (Wildman–Crippen LogP) is 2.71. The summed E-state index contributed by atoms with van der Waals surface area (Å²) in [7, 11) is 3.31. The number of rotatable bonds is 11. The number of hydrogen-bond acceptors (Lipinski definition) is 9. The first-order chi connectivity index (χ1) is 22.2. The van der Waals surface area contributed by atoms with Crippen LogP contribution >= 0.6 is 0 Å². The number of halogens is 1. The Morgan fingerprint density at radius 1 is 1.09 bits per heavy atom. The Balaban J connectivity index is 1.26. The van der Waals surface area contributed by atoms with Gasteiger partial charge >= 0.3 is 6.09 Å². The van der Waals surface area contributed by atoms with Crippen molar-refractivity contribution >= 4 is 40.7 Å². The minimum atomic E-state index is -1.56. The third-order valence-corrected chi connectivity index (χ3v) is 8.07. The lowest BCUT2D eigenvalue weighted by Gasteiger charge is -2.28. The number of alkyl carbamates (subject to hydrolysis) is 1. The van der Waals surface area contributed by atoms with Crippen molar-refractivity contribution in [3.63, 3.8) is 0 Å². The Labute approximate surface area is 270 Å². The van der Waals surface area contributed by atoms with E-state index in [2.05, 4.69) is 16.0 Å². The molecule has 1 atom stereocenters. The molecule has 1 saturated heterocycles. The van der Waals surface area contributed by atoms with Gasteiger partial charge < -0.3 is 34.3 Å². The molecular formula is C33H38FN5O8. The van der Waals surface area contributed by atoms with Gasteiger partial charge in [-0.15, -0.1) is 0 Å². The summed E-state index contributed by atoms with van der Waals surface area (Å²) in [5.41, 5.74) is -1.10. The lowest BCUT2D eigenvalue weighted by Crippen LogP contribution is -2.46. The zero-order chi connectivity index (χ0) is 34.1. The van der Waals surface area contributed by atoms with Crippen LogP contribution < -0.4 is 20.7 Å². The summed E-state index contributed by atoms with van der Waals surface area (Å²) in [5.74, 6) is -2.36. The largest absolute Gasteiger partial charge is 0.497 e. The second-order valence-corrected chi connectivity index (χ2v) is 12.8. The molecule has 1 aromatic heterocycles. The molecule has 0 unspecified atom stereocenters. The van der Waals surface area contributed by atoms with Gasteiger partial charge in [0, 0.05) is 56.3 Å². The van der Waals surface area contributed by atoms with Gasteiger partial charge in [-0.05, 0) is 57.6 Å². The maximum absolute atomic E-state index is 15.1. The molecule has 47 heavy (non-hydrogen) atoms. The van der Waals surface area contributed by atoms with Gasteiger partial charge in [-0.25, -0.2) is 9.18 Å². The normalized spacial score (nSPS) is 17.7. The Morgan fingerprint density at radius 2 is 1.81 bits per heavy atom. The molecule has 0 spiro atoms. The van der Waals surface area contributed by atoms with Crippen LogP contribution in [0.3, 0.4) is 0 Å². The quantitative estimate of drug-likeness (QED) is 0.265.